The molecule has 1 amide bonds. The molecule has 0 saturated carbocycles. The van der Waals surface area contributed by atoms with Gasteiger partial charge in [0.15, 0.2) is 0 Å². The van der Waals surface area contributed by atoms with E-state index < -0.39 is 5.54 Å². The van der Waals surface area contributed by atoms with Gasteiger partial charge in [-0.2, -0.15) is 0 Å². The van der Waals surface area contributed by atoms with Crippen molar-refractivity contribution < 1.29 is 4.79 Å². The van der Waals surface area contributed by atoms with Gasteiger partial charge >= 0.3 is 0 Å². The molecule has 1 saturated heterocycles. The average molecular weight is 338 g/mol. The lowest BCUT2D eigenvalue weighted by atomic mass is 9.91. The van der Waals surface area contributed by atoms with Crippen LogP contribution in [0.5, 0.6) is 0 Å². The first-order chi connectivity index (χ1) is 12.1. The predicted octanol–water partition coefficient (Wildman–Crippen LogP) is 2.04. The number of piperidine rings is 1. The standard InChI is InChI=1S/C20H26N4O/c1-20(21,16-7-3-2-4-8-16)19(25)23-17-10-13-24(14-11-17)15-18-9-5-6-12-22-18/h2-9,12,17H,10-11,13-15,21H2,1H3,(H,23,25). The molecular formula is C20H26N4O. The number of amides is 1. The number of hydrogen-bond donors (Lipinski definition) is 2. The van der Waals surface area contributed by atoms with E-state index in [1.165, 1.54) is 0 Å². The Morgan fingerprint density at radius 3 is 2.52 bits per heavy atom. The number of aromatic nitrogens is 1. The lowest BCUT2D eigenvalue weighted by Gasteiger charge is -2.34. The van der Waals surface area contributed by atoms with E-state index in [0.717, 1.165) is 43.7 Å². The number of carbonyl (C=O) groups is 1. The van der Waals surface area contributed by atoms with Crippen molar-refractivity contribution in [2.24, 2.45) is 5.73 Å². The third-order valence-corrected chi connectivity index (χ3v) is 4.88. The summed E-state index contributed by atoms with van der Waals surface area (Å²) in [4.78, 5) is 19.4. The topological polar surface area (TPSA) is 71.2 Å². The van der Waals surface area contributed by atoms with Gasteiger partial charge in [-0.3, -0.25) is 14.7 Å². The maximum Gasteiger partial charge on any atom is 0.244 e. The lowest BCUT2D eigenvalue weighted by molar-refractivity contribution is -0.127. The smallest absolute Gasteiger partial charge is 0.244 e. The first kappa shape index (κ1) is 17.6. The summed E-state index contributed by atoms with van der Waals surface area (Å²) in [5.74, 6) is -0.109. The molecule has 0 spiro atoms. The Morgan fingerprint density at radius 2 is 1.88 bits per heavy atom. The number of nitrogens with two attached hydrogens (primary N) is 1. The van der Waals surface area contributed by atoms with Crippen LogP contribution in [0.25, 0.3) is 0 Å². The fourth-order valence-electron chi connectivity index (χ4n) is 3.21. The van der Waals surface area contributed by atoms with Crippen molar-refractivity contribution in [3.8, 4) is 0 Å². The third-order valence-electron chi connectivity index (χ3n) is 4.88. The summed E-state index contributed by atoms with van der Waals surface area (Å²) < 4.78 is 0. The van der Waals surface area contributed by atoms with E-state index in [0.29, 0.717) is 0 Å². The molecule has 1 aromatic carbocycles. The molecule has 132 valence electrons. The summed E-state index contributed by atoms with van der Waals surface area (Å²) in [6.07, 6.45) is 3.70. The van der Waals surface area contributed by atoms with E-state index in [4.69, 9.17) is 5.73 Å². The van der Waals surface area contributed by atoms with E-state index in [2.05, 4.69) is 15.2 Å². The summed E-state index contributed by atoms with van der Waals surface area (Å²) in [6, 6.07) is 15.7. The van der Waals surface area contributed by atoms with Gasteiger partial charge < -0.3 is 11.1 Å². The molecule has 0 bridgehead atoms. The number of likely N-dealkylation sites (tertiary alicyclic amines) is 1. The molecule has 3 N–H and O–H groups in total. The van der Waals surface area contributed by atoms with Crippen molar-refractivity contribution in [1.82, 2.24) is 15.2 Å². The molecule has 25 heavy (non-hydrogen) atoms. The largest absolute Gasteiger partial charge is 0.351 e. The molecular weight excluding hydrogens is 312 g/mol. The highest BCUT2D eigenvalue weighted by Gasteiger charge is 2.32. The number of nitrogens with one attached hydrogen (secondary N) is 1. The summed E-state index contributed by atoms with van der Waals surface area (Å²) in [6.45, 7) is 4.54. The minimum atomic E-state index is -1.01. The number of hydrogen-bond acceptors (Lipinski definition) is 4. The minimum Gasteiger partial charge on any atom is -0.351 e. The first-order valence-electron chi connectivity index (χ1n) is 8.83. The fourth-order valence-corrected chi connectivity index (χ4v) is 3.21. The van der Waals surface area contributed by atoms with Crippen molar-refractivity contribution in [1.29, 1.82) is 0 Å². The van der Waals surface area contributed by atoms with Crippen LogP contribution in [-0.2, 0) is 16.9 Å². The Bertz CT molecular complexity index is 679. The molecule has 3 rings (SSSR count). The molecule has 5 nitrogen and oxygen atoms in total. The summed E-state index contributed by atoms with van der Waals surface area (Å²) in [5.41, 5.74) is 7.21. The molecule has 1 atom stereocenters. The molecule has 1 aliphatic rings. The zero-order chi connectivity index (χ0) is 17.7. The normalized spacial score (nSPS) is 18.5. The predicted molar refractivity (Wildman–Crippen MR) is 98.7 cm³/mol. The Hall–Kier alpha value is -2.24. The number of nitrogens with zero attached hydrogens (tertiary/aromatic N) is 2. The van der Waals surface area contributed by atoms with E-state index in [9.17, 15) is 4.79 Å². The van der Waals surface area contributed by atoms with Crippen LogP contribution in [0.4, 0.5) is 0 Å². The Kier molecular flexibility index (Phi) is 5.46. The minimum absolute atomic E-state index is 0.109. The van der Waals surface area contributed by atoms with Crippen molar-refractivity contribution in [3.05, 3.63) is 66.0 Å². The van der Waals surface area contributed by atoms with Crippen molar-refractivity contribution in [3.63, 3.8) is 0 Å². The average Bonchev–Trinajstić information content (AvgIpc) is 2.65. The Balaban J connectivity index is 1.51. The van der Waals surface area contributed by atoms with E-state index in [-0.39, 0.29) is 11.9 Å². The second-order valence-corrected chi connectivity index (χ2v) is 6.91. The lowest BCUT2D eigenvalue weighted by Crippen LogP contribution is -2.54. The van der Waals surface area contributed by atoms with E-state index in [1.807, 2.05) is 54.7 Å². The maximum atomic E-state index is 12.6. The second-order valence-electron chi connectivity index (χ2n) is 6.91. The highest BCUT2D eigenvalue weighted by molar-refractivity contribution is 5.87. The summed E-state index contributed by atoms with van der Waals surface area (Å²) in [5, 5.41) is 3.14. The molecule has 0 aliphatic carbocycles. The number of pyridine rings is 1. The molecule has 1 fully saturated rings. The zero-order valence-corrected chi connectivity index (χ0v) is 14.7. The summed E-state index contributed by atoms with van der Waals surface area (Å²) >= 11 is 0. The van der Waals surface area contributed by atoms with Crippen LogP contribution in [0.15, 0.2) is 54.7 Å². The van der Waals surface area contributed by atoms with Crippen LogP contribution in [0.3, 0.4) is 0 Å². The molecule has 5 heteroatoms. The van der Waals surface area contributed by atoms with E-state index >= 15 is 0 Å². The van der Waals surface area contributed by atoms with Crippen LogP contribution in [0, 0.1) is 0 Å². The fraction of sp³-hybridized carbons (Fsp3) is 0.400. The summed E-state index contributed by atoms with van der Waals surface area (Å²) in [7, 11) is 0. The molecule has 2 aromatic rings. The maximum absolute atomic E-state index is 12.6. The van der Waals surface area contributed by atoms with E-state index in [1.54, 1.807) is 6.92 Å². The van der Waals surface area contributed by atoms with Crippen LogP contribution in [-0.4, -0.2) is 34.9 Å². The highest BCUT2D eigenvalue weighted by Crippen LogP contribution is 2.19. The molecule has 1 unspecified atom stereocenters. The van der Waals surface area contributed by atoms with Gasteiger partial charge in [-0.25, -0.2) is 0 Å². The third kappa shape index (κ3) is 4.44. The SMILES string of the molecule is CC(N)(C(=O)NC1CCN(Cc2ccccn2)CC1)c1ccccc1. The second kappa shape index (κ2) is 7.76. The number of benzene rings is 1. The van der Waals surface area contributed by atoms with Crippen molar-refractivity contribution in [2.45, 2.75) is 37.9 Å². The van der Waals surface area contributed by atoms with Crippen molar-refractivity contribution >= 4 is 5.91 Å². The monoisotopic (exact) mass is 338 g/mol. The van der Waals surface area contributed by atoms with Gasteiger partial charge in [-0.05, 0) is 37.5 Å². The van der Waals surface area contributed by atoms with Gasteiger partial charge in [-0.1, -0.05) is 36.4 Å². The van der Waals surface area contributed by atoms with Crippen LogP contribution < -0.4 is 11.1 Å². The van der Waals surface area contributed by atoms with Crippen LogP contribution in [0.1, 0.15) is 31.0 Å². The molecule has 2 heterocycles. The van der Waals surface area contributed by atoms with Crippen LogP contribution in [0.2, 0.25) is 0 Å². The molecule has 1 aliphatic heterocycles. The molecule has 0 radical (unpaired) electrons. The Morgan fingerprint density at radius 1 is 1.20 bits per heavy atom. The highest BCUT2D eigenvalue weighted by atomic mass is 16.2. The Labute approximate surface area is 149 Å². The van der Waals surface area contributed by atoms with Gasteiger partial charge in [0.2, 0.25) is 5.91 Å². The van der Waals surface area contributed by atoms with Gasteiger partial charge in [-0.15, -0.1) is 0 Å². The van der Waals surface area contributed by atoms with Gasteiger partial charge in [0.1, 0.15) is 5.54 Å². The first-order valence-corrected chi connectivity index (χ1v) is 8.83. The number of carbonyl (C=O) groups excluding carboxylic acids is 1. The van der Waals surface area contributed by atoms with Crippen molar-refractivity contribution in [2.75, 3.05) is 13.1 Å². The molecule has 1 aromatic heterocycles. The van der Waals surface area contributed by atoms with Gasteiger partial charge in [0.05, 0.1) is 5.69 Å². The number of rotatable bonds is 5. The van der Waals surface area contributed by atoms with Gasteiger partial charge in [0.25, 0.3) is 0 Å². The van der Waals surface area contributed by atoms with Gasteiger partial charge in [0, 0.05) is 31.9 Å². The zero-order valence-electron chi connectivity index (χ0n) is 14.7. The quantitative estimate of drug-likeness (QED) is 0.875. The van der Waals surface area contributed by atoms with Crippen LogP contribution >= 0.6 is 0 Å².